The van der Waals surface area contributed by atoms with E-state index in [1.54, 1.807) is 0 Å². The van der Waals surface area contributed by atoms with Crippen molar-refractivity contribution in [3.8, 4) is 0 Å². The molecule has 3 nitrogen and oxygen atoms in total. The van der Waals surface area contributed by atoms with Crippen LogP contribution in [0, 0.1) is 11.3 Å². The number of carbonyl (C=O) groups is 1. The summed E-state index contributed by atoms with van der Waals surface area (Å²) in [5.74, 6) is 1.48. The summed E-state index contributed by atoms with van der Waals surface area (Å²) < 4.78 is 0. The van der Waals surface area contributed by atoms with Crippen LogP contribution >= 0.6 is 0 Å². The zero-order valence-electron chi connectivity index (χ0n) is 23.8. The first-order chi connectivity index (χ1) is 18.2. The van der Waals surface area contributed by atoms with E-state index in [1.807, 2.05) is 0 Å². The summed E-state index contributed by atoms with van der Waals surface area (Å²) >= 11 is 0. The van der Waals surface area contributed by atoms with Gasteiger partial charge in [-0.05, 0) is 83.4 Å². The fourth-order valence-electron chi connectivity index (χ4n) is 7.46. The molecule has 0 radical (unpaired) electrons. The van der Waals surface area contributed by atoms with Crippen molar-refractivity contribution in [1.29, 1.82) is 0 Å². The SMILES string of the molecule is CCC1=C(C)c2c(C3CC4CC(C3)N(C(=O)CC(C)(C)C)C4)cc(Cc3ccc4ccccc4c3)nc2C1.[HH]. The molecule has 3 aliphatic rings. The second kappa shape index (κ2) is 9.67. The monoisotopic (exact) mass is 508 g/mol. The highest BCUT2D eigenvalue weighted by atomic mass is 16.2. The highest BCUT2D eigenvalue weighted by molar-refractivity contribution is 5.83. The van der Waals surface area contributed by atoms with Crippen molar-refractivity contribution in [1.82, 2.24) is 9.88 Å². The Labute approximate surface area is 229 Å². The van der Waals surface area contributed by atoms with E-state index in [-0.39, 0.29) is 6.84 Å². The molecular formula is C35H44N2O. The van der Waals surface area contributed by atoms with Crippen molar-refractivity contribution in [2.24, 2.45) is 11.3 Å². The van der Waals surface area contributed by atoms with E-state index in [2.05, 4.69) is 88.0 Å². The van der Waals surface area contributed by atoms with E-state index >= 15 is 0 Å². The zero-order valence-corrected chi connectivity index (χ0v) is 23.8. The number of likely N-dealkylation sites (tertiary alicyclic amines) is 1. The van der Waals surface area contributed by atoms with Crippen LogP contribution in [-0.2, 0) is 17.6 Å². The fourth-order valence-corrected chi connectivity index (χ4v) is 7.46. The van der Waals surface area contributed by atoms with Crippen LogP contribution in [-0.4, -0.2) is 28.4 Å². The Balaban J connectivity index is 0.00000308. The maximum absolute atomic E-state index is 13.2. The molecule has 0 N–H and O–H groups in total. The third-order valence-electron chi connectivity index (χ3n) is 9.21. The van der Waals surface area contributed by atoms with E-state index in [9.17, 15) is 4.79 Å². The minimum absolute atomic E-state index is 0. The fraction of sp³-hybridized carbons (Fsp3) is 0.486. The van der Waals surface area contributed by atoms with Crippen molar-refractivity contribution in [3.63, 3.8) is 0 Å². The Morgan fingerprint density at radius 1 is 1.05 bits per heavy atom. The molecule has 2 heterocycles. The van der Waals surface area contributed by atoms with Crippen molar-refractivity contribution < 1.29 is 6.22 Å². The number of carbonyl (C=O) groups excluding carboxylic acids is 1. The van der Waals surface area contributed by atoms with Gasteiger partial charge >= 0.3 is 0 Å². The number of fused-ring (bicyclic) bond motifs is 4. The average molecular weight is 509 g/mol. The quantitative estimate of drug-likeness (QED) is 0.347. The smallest absolute Gasteiger partial charge is 0.223 e. The molecule has 6 rings (SSSR count). The first-order valence-corrected chi connectivity index (χ1v) is 14.7. The van der Waals surface area contributed by atoms with Crippen molar-refractivity contribution >= 4 is 22.3 Å². The largest absolute Gasteiger partial charge is 0.339 e. The summed E-state index contributed by atoms with van der Waals surface area (Å²) in [5.41, 5.74) is 9.77. The van der Waals surface area contributed by atoms with Crippen molar-refractivity contribution in [3.05, 3.63) is 82.2 Å². The lowest BCUT2D eigenvalue weighted by Crippen LogP contribution is -2.37. The number of aromatic nitrogens is 1. The molecule has 3 atom stereocenters. The second-order valence-electron chi connectivity index (χ2n) is 13.3. The average Bonchev–Trinajstić information content (AvgIpc) is 3.36. The molecule has 3 unspecified atom stereocenters. The zero-order chi connectivity index (χ0) is 26.6. The van der Waals surface area contributed by atoms with Crippen LogP contribution in [0.4, 0.5) is 0 Å². The van der Waals surface area contributed by atoms with Gasteiger partial charge in [-0.15, -0.1) is 0 Å². The third kappa shape index (κ3) is 4.81. The van der Waals surface area contributed by atoms with Gasteiger partial charge in [-0.25, -0.2) is 0 Å². The summed E-state index contributed by atoms with van der Waals surface area (Å²) in [4.78, 5) is 20.7. The van der Waals surface area contributed by atoms with Crippen LogP contribution in [0.5, 0.6) is 0 Å². The lowest BCUT2D eigenvalue weighted by atomic mass is 9.76. The Hall–Kier alpha value is -2.94. The number of hydrogen-bond acceptors (Lipinski definition) is 2. The summed E-state index contributed by atoms with van der Waals surface area (Å²) in [6.07, 6.45) is 7.05. The normalized spacial score (nSPS) is 22.9. The molecule has 38 heavy (non-hydrogen) atoms. The summed E-state index contributed by atoms with van der Waals surface area (Å²) in [7, 11) is 0. The van der Waals surface area contributed by atoms with Crippen LogP contribution in [0.1, 0.15) is 102 Å². The van der Waals surface area contributed by atoms with Crippen LogP contribution in [0.25, 0.3) is 16.3 Å². The second-order valence-corrected chi connectivity index (χ2v) is 13.3. The van der Waals surface area contributed by atoms with Gasteiger partial charge in [-0.3, -0.25) is 9.78 Å². The molecular weight excluding hydrogens is 464 g/mol. The van der Waals surface area contributed by atoms with Crippen LogP contribution < -0.4 is 0 Å². The number of benzene rings is 2. The van der Waals surface area contributed by atoms with E-state index in [0.717, 1.165) is 32.2 Å². The summed E-state index contributed by atoms with van der Waals surface area (Å²) in [5, 5.41) is 2.58. The van der Waals surface area contributed by atoms with Crippen molar-refractivity contribution in [2.75, 3.05) is 6.54 Å². The van der Waals surface area contributed by atoms with Gasteiger partial charge in [0, 0.05) is 44.5 Å². The molecule has 1 amide bonds. The van der Waals surface area contributed by atoms with E-state index in [0.29, 0.717) is 30.2 Å². The minimum atomic E-state index is 0. The van der Waals surface area contributed by atoms with Gasteiger partial charge < -0.3 is 4.90 Å². The molecule has 2 aliphatic carbocycles. The molecule has 1 saturated heterocycles. The number of pyridine rings is 1. The van der Waals surface area contributed by atoms with Gasteiger partial charge in [-0.1, -0.05) is 75.7 Å². The van der Waals surface area contributed by atoms with Crippen LogP contribution in [0.3, 0.4) is 0 Å². The standard InChI is InChI=1S/C35H42N2O.H2/c1-6-25-18-32-34(22(25)2)31(19-29(36-32)15-23-11-12-26-9-7-8-10-27(26)13-23)28-14-24-16-30(17-28)37(21-24)33(38)20-35(3,4)5;/h7-13,19,24,28,30H,6,14-18,20-21H2,1-5H3;1H. The maximum atomic E-state index is 13.2. The first-order valence-electron chi connectivity index (χ1n) is 14.7. The Morgan fingerprint density at radius 2 is 1.84 bits per heavy atom. The molecule has 2 bridgehead atoms. The van der Waals surface area contributed by atoms with Gasteiger partial charge in [-0.2, -0.15) is 0 Å². The maximum Gasteiger partial charge on any atom is 0.223 e. The van der Waals surface area contributed by atoms with E-state index < -0.39 is 0 Å². The number of hydrogen-bond donors (Lipinski definition) is 0. The molecule has 3 heteroatoms. The molecule has 1 aliphatic heterocycles. The van der Waals surface area contributed by atoms with Crippen LogP contribution in [0.2, 0.25) is 0 Å². The predicted molar refractivity (Wildman–Crippen MR) is 159 cm³/mol. The molecule has 2 fully saturated rings. The van der Waals surface area contributed by atoms with Gasteiger partial charge in [0.1, 0.15) is 0 Å². The number of rotatable bonds is 5. The number of allylic oxidation sites excluding steroid dienone is 2. The minimum Gasteiger partial charge on any atom is -0.339 e. The van der Waals surface area contributed by atoms with Gasteiger partial charge in [0.2, 0.25) is 5.91 Å². The Kier molecular flexibility index (Phi) is 6.45. The van der Waals surface area contributed by atoms with E-state index in [4.69, 9.17) is 4.98 Å². The number of nitrogens with zero attached hydrogens (tertiary/aromatic N) is 2. The summed E-state index contributed by atoms with van der Waals surface area (Å²) in [6.45, 7) is 12.1. The predicted octanol–water partition coefficient (Wildman–Crippen LogP) is 8.34. The molecule has 200 valence electrons. The van der Waals surface area contributed by atoms with E-state index in [1.165, 1.54) is 62.8 Å². The third-order valence-corrected chi connectivity index (χ3v) is 9.21. The molecule has 0 spiro atoms. The Bertz CT molecular complexity index is 1430. The summed E-state index contributed by atoms with van der Waals surface area (Å²) in [6, 6.07) is 18.2. The Morgan fingerprint density at radius 3 is 2.61 bits per heavy atom. The van der Waals surface area contributed by atoms with Gasteiger partial charge in [0.15, 0.2) is 0 Å². The van der Waals surface area contributed by atoms with Gasteiger partial charge in [0.25, 0.3) is 0 Å². The topological polar surface area (TPSA) is 33.2 Å². The lowest BCUT2D eigenvalue weighted by molar-refractivity contribution is -0.134. The first kappa shape index (κ1) is 25.3. The highest BCUT2D eigenvalue weighted by Crippen LogP contribution is 2.48. The number of amides is 1. The molecule has 3 aromatic rings. The van der Waals surface area contributed by atoms with Gasteiger partial charge in [0.05, 0.1) is 5.69 Å². The molecule has 2 aromatic carbocycles. The highest BCUT2D eigenvalue weighted by Gasteiger charge is 2.43. The lowest BCUT2D eigenvalue weighted by Gasteiger charge is -2.32. The molecule has 1 saturated carbocycles. The molecule has 1 aromatic heterocycles. The van der Waals surface area contributed by atoms with Crippen LogP contribution in [0.15, 0.2) is 54.1 Å². The van der Waals surface area contributed by atoms with Crippen molar-refractivity contribution in [2.45, 2.75) is 91.5 Å².